The number of hydrogen-bond donors (Lipinski definition) is 5. The number of aromatic nitrogens is 12. The lowest BCUT2D eigenvalue weighted by atomic mass is 10.0. The van der Waals surface area contributed by atoms with Gasteiger partial charge in [-0.15, -0.1) is 12.4 Å². The van der Waals surface area contributed by atoms with Crippen LogP contribution in [0.3, 0.4) is 0 Å². The first-order valence-electron chi connectivity index (χ1n) is 41.6. The maximum atomic E-state index is 13.3. The molecule has 4 fully saturated rings. The number of ketones is 4. The smallest absolute Gasteiger partial charge is 0.411 e. The van der Waals surface area contributed by atoms with E-state index in [9.17, 15) is 47.9 Å². The van der Waals surface area contributed by atoms with Crippen molar-refractivity contribution in [3.8, 4) is 22.3 Å². The van der Waals surface area contributed by atoms with Gasteiger partial charge < -0.3 is 45.9 Å². The van der Waals surface area contributed by atoms with Gasteiger partial charge in [-0.2, -0.15) is 37.2 Å². The number of carbonyl (C=O) groups excluding carboxylic acids is 8. The molecule has 4 aliphatic rings. The van der Waals surface area contributed by atoms with Crippen LogP contribution in [0, 0.1) is 13.8 Å². The monoisotopic (exact) mass is 2320 g/mol. The summed E-state index contributed by atoms with van der Waals surface area (Å²) in [5.41, 5.74) is 12.0. The highest BCUT2D eigenvalue weighted by molar-refractivity contribution is 9.11. The number of anilines is 2. The number of benzene rings is 2. The van der Waals surface area contributed by atoms with E-state index in [1.807, 2.05) is 133 Å². The first-order chi connectivity index (χ1) is 62.8. The summed E-state index contributed by atoms with van der Waals surface area (Å²) < 4.78 is 16.2. The Morgan fingerprint density at radius 1 is 0.551 bits per heavy atom. The van der Waals surface area contributed by atoms with Crippen molar-refractivity contribution >= 4 is 261 Å². The van der Waals surface area contributed by atoms with Gasteiger partial charge in [0.15, 0.2) is 23.1 Å². The van der Waals surface area contributed by atoms with Crippen molar-refractivity contribution < 1.29 is 67.6 Å². The van der Waals surface area contributed by atoms with E-state index in [0.29, 0.717) is 105 Å². The van der Waals surface area contributed by atoms with Gasteiger partial charge in [0.05, 0.1) is 36.0 Å². The van der Waals surface area contributed by atoms with Crippen LogP contribution < -0.4 is 16.4 Å². The molecule has 0 saturated carbocycles. The van der Waals surface area contributed by atoms with Crippen LogP contribution in [-0.4, -0.2) is 224 Å². The van der Waals surface area contributed by atoms with Gasteiger partial charge in [-0.05, 0) is 280 Å². The average Bonchev–Trinajstić information content (AvgIpc) is 1.63. The summed E-state index contributed by atoms with van der Waals surface area (Å²) in [5, 5.41) is 34.6. The standard InChI is InChI=1S/C26H24BrN7O3.C16H21BrN2O3.C16H14N4O3.C11H13BrN2O.C10H17NO4.C6H12ClN.C5H5BrN2.2CH4.ClH.S3.S2.2H2S/c1-15(35)25-19-11-17(18-12-28-16(2)29-13-18)8-9-20(19)34(32-25)14-24(36)33-10-4-5-21(33)26(37)31-23-7-3-6-22(27)30-23;1-16(2,3)22-15(21)19-9-5-7-12(19)13(20)10-11-6-4-8-14(17)18-11;1-9(21)16-13-4-3-11(12-6-17-10(2)18-7-12)5-14(13)20(19-16)8-15(22)23;12-11-5-1-3-8(14-11)7-10(15)9-4-2-6-13-9;1-10(2,3)15-9(14)11-6-4-5-7(11)8(12)13;1-5(2)6(7)8(3)4;6-4-2-1-3-5(7)8-4;;;;1-3-2;1-2;;/h3,6-9,11-13,21H,4-5,10,14H2,1-2H3,(H,30,31,37);4,6,8,12H,5,7,9-10H2,1-3H3;3-7H,8H2,1-2H3,(H,22,23);1,3,5,9,13H,2,4,6-7H2;7H,4-6H2,1-3H3,(H,12,13);1-4H3;1-3H,(H2,7,8);2*1H4;1H;;;2*1H2/t21-;12-;;9-;7-;;;;;;;;;/m00.00........./s1. The minimum atomic E-state index is -1.02. The van der Waals surface area contributed by atoms with Crippen LogP contribution in [0.25, 0.3) is 44.1 Å². The van der Waals surface area contributed by atoms with Crippen molar-refractivity contribution in [2.75, 3.05) is 51.3 Å². The van der Waals surface area contributed by atoms with Gasteiger partial charge in [-0.1, -0.05) is 62.9 Å². The third-order valence-electron chi connectivity index (χ3n) is 19.5. The number of halogens is 6. The number of rotatable bonds is 18. The number of aryl methyl sites for hydroxylation is 2. The normalized spacial score (nSPS) is 14.5. The molecule has 4 aliphatic heterocycles. The molecule has 33 nitrogen and oxygen atoms in total. The highest BCUT2D eigenvalue weighted by atomic mass is 79.9. The van der Waals surface area contributed by atoms with E-state index < -0.39 is 53.5 Å². The number of nitrogen functional groups attached to an aromatic ring is 1. The van der Waals surface area contributed by atoms with Gasteiger partial charge in [0.1, 0.15) is 94.6 Å². The van der Waals surface area contributed by atoms with Gasteiger partial charge in [0.25, 0.3) is 0 Å². The van der Waals surface area contributed by atoms with E-state index in [0.717, 1.165) is 95.4 Å². The quantitative estimate of drug-likeness (QED) is 0.0302. The highest BCUT2D eigenvalue weighted by Gasteiger charge is 2.39. The molecule has 750 valence electrons. The van der Waals surface area contributed by atoms with Crippen molar-refractivity contribution in [2.45, 2.75) is 211 Å². The average molecular weight is 2330 g/mol. The number of nitrogens with two attached hydrogens (primary N) is 1. The third kappa shape index (κ3) is 41.6. The Morgan fingerprint density at radius 3 is 1.40 bits per heavy atom. The minimum Gasteiger partial charge on any atom is -0.480 e. The summed E-state index contributed by atoms with van der Waals surface area (Å²) >= 11 is 34.4. The van der Waals surface area contributed by atoms with Crippen LogP contribution in [0.2, 0.25) is 0 Å². The SMILES string of the molecule is C.C.CC(=O)c1nn(CC(=O)N2CCC[C@H]2C(=O)Nc2cccc(Br)n2)c2ccc(-c3cnc(C)nc3)cc12.CC(=O)c1nn(CC(=O)O)c2cc(-c3cnc(C)nc3)ccc12.CC(C)(C)OC(=O)N1CCC[C@H]1C(=O)Cc1cccc(Br)n1.CC(C)(C)OC(=O)N1CCC[C@H]1C(=O)O.CC(C)=C(Cl)N(C)C.Cl.Nc1cccc(Br)n1.O=C(Cc1cccc(Br)n1)[C@@H]1CCCN1.S.S.S=S.S=S=S. The maximum absolute atomic E-state index is 13.3. The van der Waals surface area contributed by atoms with Crippen molar-refractivity contribution in [3.05, 3.63) is 198 Å². The fourth-order valence-electron chi connectivity index (χ4n) is 13.7. The lowest BCUT2D eigenvalue weighted by Crippen LogP contribution is -2.44. The number of carboxylic acid groups (broad SMARTS) is 2. The molecule has 0 aliphatic carbocycles. The van der Waals surface area contributed by atoms with Gasteiger partial charge in [0, 0.05) is 159 Å². The topological polar surface area (TPSA) is 431 Å². The Hall–Kier alpha value is -9.16. The number of carboxylic acids is 2. The Balaban J connectivity index is 0.000000836. The number of fused-ring (bicyclic) bond motifs is 2. The zero-order valence-electron chi connectivity index (χ0n) is 77.2. The number of nitrogens with zero attached hydrogens (tertiary/aromatic N) is 16. The molecule has 8 aromatic heterocycles. The third-order valence-corrected chi connectivity index (χ3v) is 22.0. The van der Waals surface area contributed by atoms with Gasteiger partial charge in [-0.3, -0.25) is 52.7 Å². The molecule has 10 aromatic rings. The second-order valence-corrected chi connectivity index (χ2v) is 38.0. The molecule has 0 bridgehead atoms. The number of nitrogens with one attached hydrogen (secondary N) is 2. The van der Waals surface area contributed by atoms with Crippen molar-refractivity contribution in [1.29, 1.82) is 0 Å². The van der Waals surface area contributed by atoms with E-state index >= 15 is 0 Å². The highest BCUT2D eigenvalue weighted by Crippen LogP contribution is 2.31. The zero-order chi connectivity index (χ0) is 98.7. The van der Waals surface area contributed by atoms with E-state index in [2.05, 4.69) is 169 Å². The van der Waals surface area contributed by atoms with Crippen LogP contribution in [0.1, 0.15) is 179 Å². The lowest BCUT2D eigenvalue weighted by Gasteiger charge is -2.27. The van der Waals surface area contributed by atoms with Crippen molar-refractivity contribution in [3.63, 3.8) is 0 Å². The zero-order valence-corrected chi connectivity index (χ0v) is 91.2. The van der Waals surface area contributed by atoms with Crippen molar-refractivity contribution in [2.24, 2.45) is 0 Å². The lowest BCUT2D eigenvalue weighted by molar-refractivity contribution is -0.142. The molecule has 0 spiro atoms. The molecule has 46 heteroatoms. The second-order valence-electron chi connectivity index (χ2n) is 32.6. The van der Waals surface area contributed by atoms with Crippen molar-refractivity contribution in [1.82, 2.24) is 84.3 Å². The summed E-state index contributed by atoms with van der Waals surface area (Å²) in [7, 11) is 4.77. The second kappa shape index (κ2) is 62.2. The molecule has 2 aromatic carbocycles. The Bertz CT molecular complexity index is 5800. The first-order valence-corrected chi connectivity index (χ1v) is 49.2. The molecule has 4 amide bonds. The van der Waals surface area contributed by atoms with E-state index in [1.54, 1.807) is 98.7 Å². The van der Waals surface area contributed by atoms with Crippen LogP contribution in [0.4, 0.5) is 21.2 Å². The molecule has 4 saturated heterocycles. The molecule has 6 N–H and O–H groups in total. The summed E-state index contributed by atoms with van der Waals surface area (Å²) in [6.45, 7) is 23.3. The number of likely N-dealkylation sites (tertiary alicyclic amines) is 3. The number of hydrogen-bond acceptors (Lipinski definition) is 29. The van der Waals surface area contributed by atoms with Crippen LogP contribution >= 0.6 is 115 Å². The number of amides is 4. The molecular formula is C92H119Br4Cl2N19O14S7. The van der Waals surface area contributed by atoms with Crippen LogP contribution in [0.5, 0.6) is 0 Å². The molecule has 0 radical (unpaired) electrons. The van der Waals surface area contributed by atoms with Gasteiger partial charge >= 0.3 is 24.1 Å². The number of aliphatic carboxylic acids is 2. The number of ether oxygens (including phenoxy) is 2. The Morgan fingerprint density at radius 2 is 0.978 bits per heavy atom. The molecule has 0 unspecified atom stereocenters. The molecule has 12 heterocycles. The predicted octanol–water partition coefficient (Wildman–Crippen LogP) is 17.8. The summed E-state index contributed by atoms with van der Waals surface area (Å²) in [6, 6.07) is 31.1. The van der Waals surface area contributed by atoms with E-state index in [-0.39, 0.29) is 126 Å². The van der Waals surface area contributed by atoms with Crippen LogP contribution in [-0.2, 0) is 118 Å². The fourth-order valence-corrected chi connectivity index (χ4v) is 15.1. The van der Waals surface area contributed by atoms with Gasteiger partial charge in [-0.25, -0.2) is 54.3 Å². The maximum Gasteiger partial charge on any atom is 0.411 e. The Labute approximate surface area is 886 Å². The summed E-state index contributed by atoms with van der Waals surface area (Å²) in [4.78, 5) is 160. The fraction of sp³-hybridized carbons (Fsp3) is 0.413. The predicted molar refractivity (Wildman–Crippen MR) is 578 cm³/mol. The Kier molecular flexibility index (Phi) is 57.2. The first kappa shape index (κ1) is 127. The number of pyridine rings is 4. The molecular weight excluding hydrogens is 2210 g/mol. The van der Waals surface area contributed by atoms with E-state index in [1.165, 1.54) is 28.1 Å². The minimum absolute atomic E-state index is 0. The van der Waals surface area contributed by atoms with E-state index in [4.69, 9.17) is 37.0 Å². The molecule has 14 rings (SSSR count). The number of allylic oxidation sites excluding steroid dienone is 1. The number of carbonyl (C=O) groups is 10. The number of Topliss-reactive ketones (excluding diaryl/α,β-unsaturated/α-hetero) is 4. The van der Waals surface area contributed by atoms with Crippen LogP contribution in [0.15, 0.2) is 163 Å². The largest absolute Gasteiger partial charge is 0.480 e. The van der Waals surface area contributed by atoms with Gasteiger partial charge in [0.2, 0.25) is 11.8 Å². The molecule has 138 heavy (non-hydrogen) atoms. The summed E-state index contributed by atoms with van der Waals surface area (Å²) in [5.74, 6) is -0.353. The molecule has 4 atom stereocenters. The summed E-state index contributed by atoms with van der Waals surface area (Å²) in [6.07, 6.45) is 12.6.